The smallest absolute Gasteiger partial charge is 0.294 e. The van der Waals surface area contributed by atoms with Gasteiger partial charge in [-0.05, 0) is 13.0 Å². The number of nitrogens with two attached hydrogens (primary N) is 1. The van der Waals surface area contributed by atoms with E-state index < -0.39 is 10.7 Å². The SMILES string of the molecule is NCCCNc1cc(F)c(Cl)cc1[N+](=O)[O-]. The van der Waals surface area contributed by atoms with Crippen LogP contribution in [0, 0.1) is 15.9 Å². The Hall–Kier alpha value is -1.40. The summed E-state index contributed by atoms with van der Waals surface area (Å²) >= 11 is 5.46. The van der Waals surface area contributed by atoms with Crippen molar-refractivity contribution >= 4 is 23.0 Å². The molecule has 0 unspecified atom stereocenters. The van der Waals surface area contributed by atoms with Gasteiger partial charge in [-0.1, -0.05) is 11.6 Å². The number of benzene rings is 1. The van der Waals surface area contributed by atoms with Crippen molar-refractivity contribution in [3.63, 3.8) is 0 Å². The molecule has 0 atom stereocenters. The first kappa shape index (κ1) is 12.7. The molecule has 5 nitrogen and oxygen atoms in total. The number of anilines is 1. The second kappa shape index (κ2) is 5.62. The minimum absolute atomic E-state index is 0.111. The zero-order valence-corrected chi connectivity index (χ0v) is 9.13. The summed E-state index contributed by atoms with van der Waals surface area (Å²) in [5.41, 5.74) is 5.14. The second-order valence-corrected chi connectivity index (χ2v) is 3.52. The fourth-order valence-electron chi connectivity index (χ4n) is 1.15. The lowest BCUT2D eigenvalue weighted by Crippen LogP contribution is -2.09. The van der Waals surface area contributed by atoms with E-state index in [9.17, 15) is 14.5 Å². The largest absolute Gasteiger partial charge is 0.379 e. The Labute approximate surface area is 96.5 Å². The molecular formula is C9H11ClFN3O2. The van der Waals surface area contributed by atoms with E-state index in [0.717, 1.165) is 12.1 Å². The molecule has 1 rings (SSSR count). The molecule has 1 aromatic rings. The highest BCUT2D eigenvalue weighted by atomic mass is 35.5. The summed E-state index contributed by atoms with van der Waals surface area (Å²) in [6.07, 6.45) is 0.640. The number of nitrogens with zero attached hydrogens (tertiary/aromatic N) is 1. The number of nitrogens with one attached hydrogen (secondary N) is 1. The summed E-state index contributed by atoms with van der Waals surface area (Å²) in [5, 5.41) is 13.2. The average Bonchev–Trinajstić information content (AvgIpc) is 2.23. The maximum atomic E-state index is 13.1. The molecule has 0 aliphatic rings. The minimum Gasteiger partial charge on any atom is -0.379 e. The molecule has 0 aromatic heterocycles. The van der Waals surface area contributed by atoms with Crippen molar-refractivity contribution in [3.8, 4) is 0 Å². The first-order chi connectivity index (χ1) is 7.56. The Morgan fingerprint density at radius 3 is 2.81 bits per heavy atom. The molecule has 0 heterocycles. The van der Waals surface area contributed by atoms with Gasteiger partial charge in [0.2, 0.25) is 0 Å². The van der Waals surface area contributed by atoms with Crippen molar-refractivity contribution in [1.82, 2.24) is 0 Å². The number of halogens is 2. The molecule has 0 aliphatic carbocycles. The number of hydrogen-bond acceptors (Lipinski definition) is 4. The molecule has 0 saturated carbocycles. The molecule has 0 saturated heterocycles. The Morgan fingerprint density at radius 2 is 2.25 bits per heavy atom. The number of nitro groups is 1. The summed E-state index contributed by atoms with van der Waals surface area (Å²) in [6.45, 7) is 0.898. The summed E-state index contributed by atoms with van der Waals surface area (Å²) in [5.74, 6) is -0.692. The Kier molecular flexibility index (Phi) is 4.45. The van der Waals surface area contributed by atoms with Crippen LogP contribution in [0.1, 0.15) is 6.42 Å². The first-order valence-electron chi connectivity index (χ1n) is 4.63. The van der Waals surface area contributed by atoms with Gasteiger partial charge in [-0.15, -0.1) is 0 Å². The predicted molar refractivity (Wildman–Crippen MR) is 60.2 cm³/mol. The van der Waals surface area contributed by atoms with Gasteiger partial charge in [0.05, 0.1) is 9.95 Å². The van der Waals surface area contributed by atoms with Crippen LogP contribution < -0.4 is 11.1 Å². The van der Waals surface area contributed by atoms with Crippen molar-refractivity contribution in [2.75, 3.05) is 18.4 Å². The standard InChI is InChI=1S/C9H11ClFN3O2/c10-6-4-9(14(15)16)8(5-7(6)11)13-3-1-2-12/h4-5,13H,1-3,12H2. The molecule has 88 valence electrons. The molecule has 1 aromatic carbocycles. The van der Waals surface area contributed by atoms with E-state index in [0.29, 0.717) is 19.5 Å². The van der Waals surface area contributed by atoms with Crippen LogP contribution in [0.5, 0.6) is 0 Å². The van der Waals surface area contributed by atoms with E-state index in [2.05, 4.69) is 5.32 Å². The summed E-state index contributed by atoms with van der Waals surface area (Å²) in [7, 11) is 0. The normalized spacial score (nSPS) is 10.2. The lowest BCUT2D eigenvalue weighted by molar-refractivity contribution is -0.384. The van der Waals surface area contributed by atoms with Gasteiger partial charge in [-0.25, -0.2) is 4.39 Å². The van der Waals surface area contributed by atoms with E-state index in [4.69, 9.17) is 17.3 Å². The van der Waals surface area contributed by atoms with E-state index in [-0.39, 0.29) is 16.4 Å². The Bertz CT molecular complexity index is 401. The second-order valence-electron chi connectivity index (χ2n) is 3.11. The van der Waals surface area contributed by atoms with Gasteiger partial charge in [0, 0.05) is 18.7 Å². The lowest BCUT2D eigenvalue weighted by Gasteiger charge is -2.07. The fraction of sp³-hybridized carbons (Fsp3) is 0.333. The van der Waals surface area contributed by atoms with Crippen molar-refractivity contribution in [2.45, 2.75) is 6.42 Å². The highest BCUT2D eigenvalue weighted by Gasteiger charge is 2.17. The fourth-order valence-corrected chi connectivity index (χ4v) is 1.31. The summed E-state index contributed by atoms with van der Waals surface area (Å²) in [4.78, 5) is 10.1. The van der Waals surface area contributed by atoms with Crippen molar-refractivity contribution in [1.29, 1.82) is 0 Å². The molecule has 7 heteroatoms. The molecule has 0 aliphatic heterocycles. The molecule has 16 heavy (non-hydrogen) atoms. The molecule has 3 N–H and O–H groups in total. The molecule has 0 spiro atoms. The number of nitro benzene ring substituents is 1. The average molecular weight is 248 g/mol. The minimum atomic E-state index is -0.692. The van der Waals surface area contributed by atoms with Crippen LogP contribution >= 0.6 is 11.6 Å². The lowest BCUT2D eigenvalue weighted by atomic mass is 10.2. The molecule has 0 radical (unpaired) electrons. The van der Waals surface area contributed by atoms with Gasteiger partial charge in [0.1, 0.15) is 11.5 Å². The van der Waals surface area contributed by atoms with Crippen molar-refractivity contribution < 1.29 is 9.31 Å². The van der Waals surface area contributed by atoms with Crippen LogP contribution in [0.3, 0.4) is 0 Å². The molecular weight excluding hydrogens is 237 g/mol. The zero-order chi connectivity index (χ0) is 12.1. The maximum Gasteiger partial charge on any atom is 0.294 e. The van der Waals surface area contributed by atoms with Crippen molar-refractivity contribution in [3.05, 3.63) is 33.1 Å². The quantitative estimate of drug-likeness (QED) is 0.475. The highest BCUT2D eigenvalue weighted by molar-refractivity contribution is 6.31. The van der Waals surface area contributed by atoms with Crippen LogP contribution in [0.15, 0.2) is 12.1 Å². The van der Waals surface area contributed by atoms with Gasteiger partial charge in [0.25, 0.3) is 5.69 Å². The van der Waals surface area contributed by atoms with Gasteiger partial charge in [0.15, 0.2) is 0 Å². The van der Waals surface area contributed by atoms with E-state index in [1.165, 1.54) is 0 Å². The first-order valence-corrected chi connectivity index (χ1v) is 5.01. The van der Waals surface area contributed by atoms with Gasteiger partial charge < -0.3 is 11.1 Å². The third-order valence-corrected chi connectivity index (χ3v) is 2.22. The zero-order valence-electron chi connectivity index (χ0n) is 8.37. The topological polar surface area (TPSA) is 81.2 Å². The van der Waals surface area contributed by atoms with Crippen LogP contribution in [-0.2, 0) is 0 Å². The highest BCUT2D eigenvalue weighted by Crippen LogP contribution is 2.30. The van der Waals surface area contributed by atoms with Crippen LogP contribution in [0.2, 0.25) is 5.02 Å². The number of hydrogen-bond donors (Lipinski definition) is 2. The van der Waals surface area contributed by atoms with E-state index >= 15 is 0 Å². The van der Waals surface area contributed by atoms with Crippen LogP contribution in [-0.4, -0.2) is 18.0 Å². The van der Waals surface area contributed by atoms with Gasteiger partial charge >= 0.3 is 0 Å². The number of rotatable bonds is 5. The summed E-state index contributed by atoms with van der Waals surface area (Å²) < 4.78 is 13.1. The monoisotopic (exact) mass is 247 g/mol. The Balaban J connectivity index is 2.95. The van der Waals surface area contributed by atoms with Crippen molar-refractivity contribution in [2.24, 2.45) is 5.73 Å². The van der Waals surface area contributed by atoms with E-state index in [1.54, 1.807) is 0 Å². The Morgan fingerprint density at radius 1 is 1.56 bits per heavy atom. The van der Waals surface area contributed by atoms with Gasteiger partial charge in [-0.3, -0.25) is 10.1 Å². The summed E-state index contributed by atoms with van der Waals surface area (Å²) in [6, 6.07) is 2.00. The van der Waals surface area contributed by atoms with E-state index in [1.807, 2.05) is 0 Å². The predicted octanol–water partition coefficient (Wildman–Crippen LogP) is 2.15. The van der Waals surface area contributed by atoms with Crippen LogP contribution in [0.4, 0.5) is 15.8 Å². The molecule has 0 fully saturated rings. The molecule has 0 bridgehead atoms. The van der Waals surface area contributed by atoms with Gasteiger partial charge in [-0.2, -0.15) is 0 Å². The van der Waals surface area contributed by atoms with Crippen LogP contribution in [0.25, 0.3) is 0 Å². The third-order valence-electron chi connectivity index (χ3n) is 1.93. The molecule has 0 amide bonds. The maximum absolute atomic E-state index is 13.1. The third kappa shape index (κ3) is 3.04.